The van der Waals surface area contributed by atoms with Gasteiger partial charge in [-0.05, 0) is 11.6 Å². The molecule has 0 amide bonds. The van der Waals surface area contributed by atoms with E-state index < -0.39 is 0 Å². The number of hydrogen-bond donors (Lipinski definition) is 0. The second-order valence-corrected chi connectivity index (χ2v) is 3.02. The van der Waals surface area contributed by atoms with Crippen LogP contribution in [0.4, 0.5) is 0 Å². The van der Waals surface area contributed by atoms with Gasteiger partial charge < -0.3 is 0 Å². The molecule has 0 spiro atoms. The lowest BCUT2D eigenvalue weighted by Gasteiger charge is -2.08. The number of rotatable bonds is 2. The molecule has 0 saturated heterocycles. The highest BCUT2D eigenvalue weighted by Crippen LogP contribution is 2.22. The van der Waals surface area contributed by atoms with Gasteiger partial charge in [-0.3, -0.25) is 0 Å². The molecule has 2 nitrogen and oxygen atoms in total. The van der Waals surface area contributed by atoms with Crippen molar-refractivity contribution in [3.8, 4) is 12.1 Å². The summed E-state index contributed by atoms with van der Waals surface area (Å²) in [6.45, 7) is 5.62. The molecule has 0 aromatic heterocycles. The fraction of sp³-hybridized carbons (Fsp3) is 0.167. The number of nitriles is 2. The third kappa shape index (κ3) is 1.65. The molecule has 1 rings (SSSR count). The van der Waals surface area contributed by atoms with Crippen LogP contribution in [-0.2, 0) is 0 Å². The number of nitrogens with zero attached hydrogens (tertiary/aromatic N) is 2. The van der Waals surface area contributed by atoms with E-state index in [2.05, 4.69) is 12.6 Å². The predicted octanol–water partition coefficient (Wildman–Crippen LogP) is 2.72. The molecule has 0 aliphatic carbocycles. The standard InChI is InChI=1S/C12H10N2/c1-3-9(2)11-6-4-5-10(7-13)12(11)8-14/h3-6,9H,1H2,2H3. The minimum Gasteiger partial charge on any atom is -0.192 e. The molecule has 0 fully saturated rings. The maximum Gasteiger partial charge on any atom is 0.101 e. The summed E-state index contributed by atoms with van der Waals surface area (Å²) in [6.07, 6.45) is 1.76. The molecule has 1 aromatic rings. The van der Waals surface area contributed by atoms with Crippen LogP contribution < -0.4 is 0 Å². The van der Waals surface area contributed by atoms with Gasteiger partial charge in [0.1, 0.15) is 12.1 Å². The van der Waals surface area contributed by atoms with Gasteiger partial charge in [-0.15, -0.1) is 6.58 Å². The predicted molar refractivity (Wildman–Crippen MR) is 54.5 cm³/mol. The van der Waals surface area contributed by atoms with Crippen molar-refractivity contribution in [2.24, 2.45) is 0 Å². The third-order valence-corrected chi connectivity index (χ3v) is 2.17. The van der Waals surface area contributed by atoms with Crippen molar-refractivity contribution in [2.45, 2.75) is 12.8 Å². The largest absolute Gasteiger partial charge is 0.192 e. The van der Waals surface area contributed by atoms with Crippen LogP contribution in [0.15, 0.2) is 30.9 Å². The highest BCUT2D eigenvalue weighted by Gasteiger charge is 2.10. The lowest BCUT2D eigenvalue weighted by Crippen LogP contribution is -1.96. The summed E-state index contributed by atoms with van der Waals surface area (Å²) < 4.78 is 0. The van der Waals surface area contributed by atoms with Gasteiger partial charge in [0.25, 0.3) is 0 Å². The highest BCUT2D eigenvalue weighted by molar-refractivity contribution is 5.52. The van der Waals surface area contributed by atoms with Crippen molar-refractivity contribution in [1.82, 2.24) is 0 Å². The van der Waals surface area contributed by atoms with Crippen molar-refractivity contribution < 1.29 is 0 Å². The SMILES string of the molecule is C=CC(C)c1cccc(C#N)c1C#N. The van der Waals surface area contributed by atoms with Gasteiger partial charge >= 0.3 is 0 Å². The third-order valence-electron chi connectivity index (χ3n) is 2.17. The van der Waals surface area contributed by atoms with E-state index in [1.807, 2.05) is 19.1 Å². The zero-order valence-corrected chi connectivity index (χ0v) is 7.99. The Bertz CT molecular complexity index is 433. The molecule has 2 heteroatoms. The maximum atomic E-state index is 8.94. The van der Waals surface area contributed by atoms with Crippen LogP contribution in [-0.4, -0.2) is 0 Å². The van der Waals surface area contributed by atoms with Gasteiger partial charge in [-0.25, -0.2) is 0 Å². The highest BCUT2D eigenvalue weighted by atomic mass is 14.3. The van der Waals surface area contributed by atoms with Crippen molar-refractivity contribution in [3.63, 3.8) is 0 Å². The Morgan fingerprint density at radius 2 is 2.07 bits per heavy atom. The Labute approximate surface area is 83.7 Å². The first-order valence-electron chi connectivity index (χ1n) is 4.30. The van der Waals surface area contributed by atoms with E-state index in [1.54, 1.807) is 18.2 Å². The summed E-state index contributed by atoms with van der Waals surface area (Å²) in [6, 6.07) is 9.36. The number of benzene rings is 1. The second-order valence-electron chi connectivity index (χ2n) is 3.02. The summed E-state index contributed by atoms with van der Waals surface area (Å²) in [4.78, 5) is 0. The molecular weight excluding hydrogens is 172 g/mol. The van der Waals surface area contributed by atoms with E-state index in [1.165, 1.54) is 0 Å². The van der Waals surface area contributed by atoms with Crippen LogP contribution in [0.3, 0.4) is 0 Å². The molecule has 14 heavy (non-hydrogen) atoms. The Morgan fingerprint density at radius 1 is 1.36 bits per heavy atom. The molecular formula is C12H10N2. The van der Waals surface area contributed by atoms with Crippen molar-refractivity contribution in [3.05, 3.63) is 47.5 Å². The van der Waals surface area contributed by atoms with Gasteiger partial charge in [0, 0.05) is 5.92 Å². The van der Waals surface area contributed by atoms with Crippen molar-refractivity contribution in [1.29, 1.82) is 10.5 Å². The Kier molecular flexibility index (Phi) is 3.05. The smallest absolute Gasteiger partial charge is 0.101 e. The molecule has 0 aliphatic rings. The van der Waals surface area contributed by atoms with Crippen LogP contribution in [0.2, 0.25) is 0 Å². The second kappa shape index (κ2) is 4.25. The van der Waals surface area contributed by atoms with E-state index in [0.29, 0.717) is 11.1 Å². The van der Waals surface area contributed by atoms with E-state index in [-0.39, 0.29) is 5.92 Å². The molecule has 68 valence electrons. The average molecular weight is 182 g/mol. The average Bonchev–Trinajstić information content (AvgIpc) is 2.26. The maximum absolute atomic E-state index is 8.94. The summed E-state index contributed by atoms with van der Waals surface area (Å²) >= 11 is 0. The van der Waals surface area contributed by atoms with E-state index >= 15 is 0 Å². The van der Waals surface area contributed by atoms with Gasteiger partial charge in [-0.2, -0.15) is 10.5 Å². The van der Waals surface area contributed by atoms with Crippen molar-refractivity contribution in [2.75, 3.05) is 0 Å². The lowest BCUT2D eigenvalue weighted by atomic mass is 9.93. The minimum absolute atomic E-state index is 0.0953. The zero-order chi connectivity index (χ0) is 10.6. The first-order valence-corrected chi connectivity index (χ1v) is 4.30. The van der Waals surface area contributed by atoms with Crippen LogP contribution in [0.5, 0.6) is 0 Å². The topological polar surface area (TPSA) is 47.6 Å². The van der Waals surface area contributed by atoms with Gasteiger partial charge in [0.15, 0.2) is 0 Å². The van der Waals surface area contributed by atoms with Gasteiger partial charge in [-0.1, -0.05) is 25.1 Å². The molecule has 0 aliphatic heterocycles. The van der Waals surface area contributed by atoms with Crippen molar-refractivity contribution >= 4 is 0 Å². The molecule has 1 aromatic carbocycles. The summed E-state index contributed by atoms with van der Waals surface area (Å²) in [7, 11) is 0. The Balaban J connectivity index is 3.40. The van der Waals surface area contributed by atoms with Crippen LogP contribution in [0.25, 0.3) is 0 Å². The van der Waals surface area contributed by atoms with E-state index in [0.717, 1.165) is 5.56 Å². The first kappa shape index (κ1) is 10.0. The summed E-state index contributed by atoms with van der Waals surface area (Å²) in [5.74, 6) is 0.0953. The zero-order valence-electron chi connectivity index (χ0n) is 7.99. The lowest BCUT2D eigenvalue weighted by molar-refractivity contribution is 0.963. The Morgan fingerprint density at radius 3 is 2.57 bits per heavy atom. The summed E-state index contributed by atoms with van der Waals surface area (Å²) in [5.41, 5.74) is 1.75. The quantitative estimate of drug-likeness (QED) is 0.660. The molecule has 0 saturated carbocycles. The van der Waals surface area contributed by atoms with Gasteiger partial charge in [0.2, 0.25) is 0 Å². The van der Waals surface area contributed by atoms with Crippen LogP contribution in [0.1, 0.15) is 29.5 Å². The molecule has 0 heterocycles. The van der Waals surface area contributed by atoms with Crippen LogP contribution in [0, 0.1) is 22.7 Å². The normalized spacial score (nSPS) is 11.1. The fourth-order valence-electron chi connectivity index (χ4n) is 1.29. The summed E-state index contributed by atoms with van der Waals surface area (Å²) in [5, 5.41) is 17.7. The molecule has 1 unspecified atom stereocenters. The number of hydrogen-bond acceptors (Lipinski definition) is 2. The van der Waals surface area contributed by atoms with Gasteiger partial charge in [0.05, 0.1) is 11.1 Å². The fourth-order valence-corrected chi connectivity index (χ4v) is 1.29. The molecule has 0 N–H and O–H groups in total. The van der Waals surface area contributed by atoms with Crippen LogP contribution >= 0.6 is 0 Å². The molecule has 1 atom stereocenters. The number of allylic oxidation sites excluding steroid dienone is 1. The Hall–Kier alpha value is -2.06. The molecule has 0 bridgehead atoms. The molecule has 0 radical (unpaired) electrons. The first-order chi connectivity index (χ1) is 6.74. The van der Waals surface area contributed by atoms with E-state index in [9.17, 15) is 0 Å². The van der Waals surface area contributed by atoms with E-state index in [4.69, 9.17) is 10.5 Å². The monoisotopic (exact) mass is 182 g/mol. The minimum atomic E-state index is 0.0953.